The number of rotatable bonds is 2. The molecule has 0 aliphatic carbocycles. The van der Waals surface area contributed by atoms with E-state index in [9.17, 15) is 20.4 Å². The van der Waals surface area contributed by atoms with Crippen molar-refractivity contribution in [3.8, 4) is 11.5 Å². The summed E-state index contributed by atoms with van der Waals surface area (Å²) in [5, 5.41) is 38.4. The molecule has 0 saturated carbocycles. The fourth-order valence-electron chi connectivity index (χ4n) is 1.60. The minimum Gasteiger partial charge on any atom is -0.508 e. The van der Waals surface area contributed by atoms with Crippen LogP contribution in [0.2, 0.25) is 0 Å². The van der Waals surface area contributed by atoms with Gasteiger partial charge >= 0.3 is 0 Å². The lowest BCUT2D eigenvalue weighted by Crippen LogP contribution is -1.91. The minimum atomic E-state index is -0.410. The first-order valence-electron chi connectivity index (χ1n) is 5.29. The molecule has 4 N–H and O–H groups in total. The Kier molecular flexibility index (Phi) is 3.10. The quantitative estimate of drug-likeness (QED) is 0.483. The van der Waals surface area contributed by atoms with Crippen LogP contribution in [0, 0.1) is 0 Å². The molecular formula is C14H12O4. The van der Waals surface area contributed by atoms with Crippen molar-refractivity contribution >= 4 is 11.5 Å². The van der Waals surface area contributed by atoms with Crippen LogP contribution >= 0.6 is 0 Å². The molecule has 0 spiro atoms. The fourth-order valence-corrected chi connectivity index (χ4v) is 1.60. The van der Waals surface area contributed by atoms with Gasteiger partial charge in [-0.3, -0.25) is 0 Å². The van der Waals surface area contributed by atoms with Crippen LogP contribution in [-0.4, -0.2) is 20.4 Å². The van der Waals surface area contributed by atoms with Gasteiger partial charge in [0.1, 0.15) is 11.5 Å². The predicted molar refractivity (Wildman–Crippen MR) is 68.3 cm³/mol. The van der Waals surface area contributed by atoms with E-state index in [0.29, 0.717) is 5.56 Å². The first kappa shape index (κ1) is 11.9. The van der Waals surface area contributed by atoms with E-state index in [1.54, 1.807) is 30.3 Å². The standard InChI is InChI=1S/C14H12O4/c15-11-6-10(7-12(16)8-11)14(18)13(17)9-4-2-1-3-5-9/h1-8,15-18H. The van der Waals surface area contributed by atoms with Crippen molar-refractivity contribution in [2.24, 2.45) is 0 Å². The number of aliphatic hydroxyl groups excluding tert-OH is 2. The molecule has 0 radical (unpaired) electrons. The Morgan fingerprint density at radius 2 is 1.17 bits per heavy atom. The second-order valence-electron chi connectivity index (χ2n) is 3.80. The molecule has 0 aliphatic rings. The summed E-state index contributed by atoms with van der Waals surface area (Å²) in [5.41, 5.74) is 0.576. The molecule has 0 amide bonds. The van der Waals surface area contributed by atoms with Crippen LogP contribution in [0.5, 0.6) is 11.5 Å². The topological polar surface area (TPSA) is 80.9 Å². The highest BCUT2D eigenvalue weighted by molar-refractivity contribution is 5.82. The highest BCUT2D eigenvalue weighted by Crippen LogP contribution is 2.28. The summed E-state index contributed by atoms with van der Waals surface area (Å²) in [5.74, 6) is -1.12. The number of phenolic OH excluding ortho intramolecular Hbond substituents is 2. The van der Waals surface area contributed by atoms with Gasteiger partial charge in [-0.25, -0.2) is 0 Å². The van der Waals surface area contributed by atoms with Gasteiger partial charge in [-0.15, -0.1) is 0 Å². The Morgan fingerprint density at radius 3 is 1.72 bits per heavy atom. The van der Waals surface area contributed by atoms with Crippen LogP contribution in [0.3, 0.4) is 0 Å². The van der Waals surface area contributed by atoms with Gasteiger partial charge in [0, 0.05) is 17.2 Å². The van der Waals surface area contributed by atoms with Gasteiger partial charge in [0.15, 0.2) is 11.5 Å². The van der Waals surface area contributed by atoms with E-state index in [1.165, 1.54) is 12.1 Å². The maximum Gasteiger partial charge on any atom is 0.165 e. The van der Waals surface area contributed by atoms with Crippen molar-refractivity contribution < 1.29 is 20.4 Å². The molecule has 0 aliphatic heterocycles. The van der Waals surface area contributed by atoms with Crippen LogP contribution in [0.4, 0.5) is 0 Å². The molecule has 0 atom stereocenters. The molecule has 0 bridgehead atoms. The highest BCUT2D eigenvalue weighted by atomic mass is 16.3. The van der Waals surface area contributed by atoms with E-state index in [0.717, 1.165) is 6.07 Å². The molecule has 4 heteroatoms. The molecule has 18 heavy (non-hydrogen) atoms. The second-order valence-corrected chi connectivity index (χ2v) is 3.80. The average molecular weight is 244 g/mol. The Balaban J connectivity index is 2.49. The molecule has 0 saturated heterocycles. The number of phenols is 2. The maximum atomic E-state index is 9.90. The van der Waals surface area contributed by atoms with E-state index in [1.807, 2.05) is 0 Å². The van der Waals surface area contributed by atoms with Crippen LogP contribution in [-0.2, 0) is 0 Å². The summed E-state index contributed by atoms with van der Waals surface area (Å²) in [6.07, 6.45) is 0. The zero-order chi connectivity index (χ0) is 13.1. The summed E-state index contributed by atoms with van der Waals surface area (Å²) in [6, 6.07) is 12.1. The Bertz CT molecular complexity index is 568. The van der Waals surface area contributed by atoms with Gasteiger partial charge in [0.25, 0.3) is 0 Å². The van der Waals surface area contributed by atoms with Gasteiger partial charge in [0.05, 0.1) is 0 Å². The summed E-state index contributed by atoms with van der Waals surface area (Å²) < 4.78 is 0. The minimum absolute atomic E-state index is 0.133. The second kappa shape index (κ2) is 4.71. The normalized spacial score (nSPS) is 12.0. The summed E-state index contributed by atoms with van der Waals surface area (Å²) in [6.45, 7) is 0. The van der Waals surface area contributed by atoms with Gasteiger partial charge in [-0.05, 0) is 12.1 Å². The largest absolute Gasteiger partial charge is 0.508 e. The zero-order valence-electron chi connectivity index (χ0n) is 9.41. The van der Waals surface area contributed by atoms with Crippen molar-refractivity contribution in [1.29, 1.82) is 0 Å². The van der Waals surface area contributed by atoms with E-state index in [-0.39, 0.29) is 22.8 Å². The molecule has 0 unspecified atom stereocenters. The van der Waals surface area contributed by atoms with Crippen LogP contribution in [0.1, 0.15) is 11.1 Å². The van der Waals surface area contributed by atoms with E-state index >= 15 is 0 Å². The number of aromatic hydroxyl groups is 2. The lowest BCUT2D eigenvalue weighted by Gasteiger charge is -2.06. The maximum absolute atomic E-state index is 9.90. The number of hydrogen-bond acceptors (Lipinski definition) is 4. The molecule has 0 fully saturated rings. The van der Waals surface area contributed by atoms with Gasteiger partial charge in [0.2, 0.25) is 0 Å². The van der Waals surface area contributed by atoms with Gasteiger partial charge in [-0.2, -0.15) is 0 Å². The van der Waals surface area contributed by atoms with Gasteiger partial charge in [-0.1, -0.05) is 30.3 Å². The first-order valence-corrected chi connectivity index (χ1v) is 5.29. The fraction of sp³-hybridized carbons (Fsp3) is 0. The molecule has 2 aromatic carbocycles. The SMILES string of the molecule is OC(=C(O)c1cc(O)cc(O)c1)c1ccccc1. The van der Waals surface area contributed by atoms with Crippen molar-refractivity contribution in [1.82, 2.24) is 0 Å². The van der Waals surface area contributed by atoms with Crippen molar-refractivity contribution in [2.75, 3.05) is 0 Å². The van der Waals surface area contributed by atoms with Gasteiger partial charge < -0.3 is 20.4 Å². The third kappa shape index (κ3) is 2.38. The van der Waals surface area contributed by atoms with Crippen LogP contribution in [0.25, 0.3) is 11.5 Å². The van der Waals surface area contributed by atoms with E-state index in [4.69, 9.17) is 0 Å². The molecule has 2 aromatic rings. The zero-order valence-corrected chi connectivity index (χ0v) is 9.41. The third-order valence-corrected chi connectivity index (χ3v) is 2.45. The summed E-state index contributed by atoms with van der Waals surface area (Å²) in [4.78, 5) is 0. The first-order chi connectivity index (χ1) is 8.58. The monoisotopic (exact) mass is 244 g/mol. The lowest BCUT2D eigenvalue weighted by atomic mass is 10.1. The third-order valence-electron chi connectivity index (χ3n) is 2.45. The Hall–Kier alpha value is -2.62. The van der Waals surface area contributed by atoms with Crippen LogP contribution < -0.4 is 0 Å². The van der Waals surface area contributed by atoms with E-state index < -0.39 is 5.76 Å². The molecule has 2 rings (SSSR count). The van der Waals surface area contributed by atoms with E-state index in [2.05, 4.69) is 0 Å². The van der Waals surface area contributed by atoms with Crippen LogP contribution in [0.15, 0.2) is 48.5 Å². The molecular weight excluding hydrogens is 232 g/mol. The highest BCUT2D eigenvalue weighted by Gasteiger charge is 2.10. The molecule has 92 valence electrons. The molecule has 4 nitrogen and oxygen atoms in total. The number of benzene rings is 2. The number of aliphatic hydroxyl groups is 2. The molecule has 0 heterocycles. The predicted octanol–water partition coefficient (Wildman–Crippen LogP) is 3.04. The van der Waals surface area contributed by atoms with Crippen molar-refractivity contribution in [2.45, 2.75) is 0 Å². The molecule has 0 aromatic heterocycles. The number of hydrogen-bond donors (Lipinski definition) is 4. The summed E-state index contributed by atoms with van der Waals surface area (Å²) >= 11 is 0. The Labute approximate surface area is 104 Å². The Morgan fingerprint density at radius 1 is 0.667 bits per heavy atom. The lowest BCUT2D eigenvalue weighted by molar-refractivity contribution is 0.443. The van der Waals surface area contributed by atoms with Crippen molar-refractivity contribution in [3.63, 3.8) is 0 Å². The smallest absolute Gasteiger partial charge is 0.165 e. The average Bonchev–Trinajstić information content (AvgIpc) is 2.37. The summed E-state index contributed by atoms with van der Waals surface area (Å²) in [7, 11) is 0. The van der Waals surface area contributed by atoms with Crippen molar-refractivity contribution in [3.05, 3.63) is 59.7 Å².